The molecule has 0 radical (unpaired) electrons. The second-order valence-corrected chi connectivity index (χ2v) is 7.13. The van der Waals surface area contributed by atoms with Crippen LogP contribution in [0.1, 0.15) is 0 Å². The van der Waals surface area contributed by atoms with Gasteiger partial charge in [-0.15, -0.1) is 23.2 Å². The van der Waals surface area contributed by atoms with Crippen molar-refractivity contribution in [3.05, 3.63) is 0 Å². The third-order valence-corrected chi connectivity index (χ3v) is 2.17. The molecule has 0 bridgehead atoms. The van der Waals surface area contributed by atoms with Gasteiger partial charge in [0.1, 0.15) is 0 Å². The number of nitrogens with zero attached hydrogens (tertiary/aromatic N) is 2. The van der Waals surface area contributed by atoms with E-state index < -0.39 is 60.9 Å². The summed E-state index contributed by atoms with van der Waals surface area (Å²) in [6.45, 7) is -2.25. The average Bonchev–Trinajstić information content (AvgIpc) is 2.42. The molecule has 4 N–H and O–H groups in total. The highest BCUT2D eigenvalue weighted by Crippen LogP contribution is 1.94. The van der Waals surface area contributed by atoms with E-state index in [0.29, 0.717) is 0 Å². The van der Waals surface area contributed by atoms with Gasteiger partial charge in [0.05, 0.1) is 31.5 Å². The number of carboxylic acids is 4. The summed E-state index contributed by atoms with van der Waals surface area (Å²) in [6.07, 6.45) is 3.28. The molecule has 0 fully saturated rings. The van der Waals surface area contributed by atoms with Gasteiger partial charge in [-0.3, -0.25) is 33.2 Å². The van der Waals surface area contributed by atoms with E-state index in [2.05, 4.69) is 0 Å². The fourth-order valence-electron chi connectivity index (χ4n) is 1.48. The Bertz CT molecular complexity index is 422. The molecule has 27 heavy (non-hydrogen) atoms. The van der Waals surface area contributed by atoms with Gasteiger partial charge in [-0.05, 0) is 0 Å². The highest BCUT2D eigenvalue weighted by atomic mass is 35.5. The maximum absolute atomic E-state index is 10.6. The van der Waals surface area contributed by atoms with Crippen molar-refractivity contribution in [2.45, 2.75) is 0 Å². The second kappa shape index (κ2) is 19.3. The molecular weight excluding hydrogens is 431 g/mol. The minimum Gasteiger partial charge on any atom is -0.480 e. The molecule has 11 nitrogen and oxygen atoms in total. The van der Waals surface area contributed by atoms with E-state index in [-0.39, 0.29) is 18.4 Å². The lowest BCUT2D eigenvalue weighted by Gasteiger charge is -2.23. The maximum atomic E-state index is 10.6. The summed E-state index contributed by atoms with van der Waals surface area (Å²) in [4.78, 5) is 44.4. The van der Waals surface area contributed by atoms with E-state index in [1.807, 2.05) is 0 Å². The number of aliphatic carboxylic acids is 4. The SMILES string of the molecule is CS(C)=O.ClCCl.O=C(O)CN(CCN(CC(=O)O)CC(=O)O)CC(=O)O. The topological polar surface area (TPSA) is 173 Å². The van der Waals surface area contributed by atoms with Crippen LogP contribution >= 0.6 is 23.2 Å². The Morgan fingerprint density at radius 1 is 0.704 bits per heavy atom. The van der Waals surface area contributed by atoms with Gasteiger partial charge in [-0.25, -0.2) is 0 Å². The summed E-state index contributed by atoms with van der Waals surface area (Å²) in [5, 5.41) is 34.7. The average molecular weight is 455 g/mol. The molecule has 0 rings (SSSR count). The van der Waals surface area contributed by atoms with E-state index in [4.69, 9.17) is 43.6 Å². The monoisotopic (exact) mass is 454 g/mol. The fourth-order valence-corrected chi connectivity index (χ4v) is 1.48. The molecule has 0 amide bonds. The zero-order chi connectivity index (χ0) is 22.0. The van der Waals surface area contributed by atoms with Gasteiger partial charge in [0.25, 0.3) is 0 Å². The van der Waals surface area contributed by atoms with Gasteiger partial charge in [0, 0.05) is 36.4 Å². The molecule has 0 saturated carbocycles. The highest BCUT2D eigenvalue weighted by molar-refractivity contribution is 7.83. The highest BCUT2D eigenvalue weighted by Gasteiger charge is 2.17. The van der Waals surface area contributed by atoms with Crippen LogP contribution in [0.25, 0.3) is 0 Å². The summed E-state index contributed by atoms with van der Waals surface area (Å²) >= 11 is 9.53. The van der Waals surface area contributed by atoms with Crippen molar-refractivity contribution in [3.8, 4) is 0 Å². The lowest BCUT2D eigenvalue weighted by molar-refractivity contribution is -0.145. The predicted octanol–water partition coefficient (Wildman–Crippen LogP) is -0.655. The normalized spacial score (nSPS) is 9.89. The van der Waals surface area contributed by atoms with Crippen molar-refractivity contribution in [1.29, 1.82) is 0 Å². The van der Waals surface area contributed by atoms with Crippen molar-refractivity contribution in [2.24, 2.45) is 0 Å². The molecule has 0 unspecified atom stereocenters. The molecule has 0 aliphatic carbocycles. The summed E-state index contributed by atoms with van der Waals surface area (Å²) < 4.78 is 9.56. The minimum absolute atomic E-state index is 0.0703. The standard InChI is InChI=1S/C10H16N2O8.C2H6OS.CH2Cl2/c13-7(14)3-11(4-8(15)16)1-2-12(5-9(17)18)6-10(19)20;1-4(2)3;2-1-3/h1-6H2,(H,13,14)(H,15,16)(H,17,18)(H,19,20);1-2H3;1H2. The van der Waals surface area contributed by atoms with E-state index in [9.17, 15) is 23.4 Å². The zero-order valence-electron chi connectivity index (χ0n) is 14.8. The maximum Gasteiger partial charge on any atom is 0.317 e. The molecule has 0 aliphatic rings. The molecule has 0 spiro atoms. The van der Waals surface area contributed by atoms with Crippen molar-refractivity contribution in [1.82, 2.24) is 9.80 Å². The van der Waals surface area contributed by atoms with Crippen molar-refractivity contribution in [2.75, 3.05) is 57.1 Å². The Labute approximate surface area is 168 Å². The van der Waals surface area contributed by atoms with E-state index in [0.717, 1.165) is 9.80 Å². The van der Waals surface area contributed by atoms with E-state index in [1.165, 1.54) is 0 Å². The lowest BCUT2D eigenvalue weighted by Crippen LogP contribution is -2.43. The van der Waals surface area contributed by atoms with Gasteiger partial charge >= 0.3 is 23.9 Å². The molecule has 0 heterocycles. The first-order valence-electron chi connectivity index (χ1n) is 7.04. The van der Waals surface area contributed by atoms with Gasteiger partial charge < -0.3 is 20.4 Å². The molecule has 160 valence electrons. The van der Waals surface area contributed by atoms with Crippen LogP contribution in [0.3, 0.4) is 0 Å². The molecule has 0 aromatic heterocycles. The van der Waals surface area contributed by atoms with Crippen LogP contribution in [0.5, 0.6) is 0 Å². The van der Waals surface area contributed by atoms with Gasteiger partial charge in [-0.1, -0.05) is 0 Å². The number of carbonyl (C=O) groups is 4. The Kier molecular flexibility index (Phi) is 21.6. The van der Waals surface area contributed by atoms with Gasteiger partial charge in [-0.2, -0.15) is 0 Å². The number of carboxylic acid groups (broad SMARTS) is 4. The number of rotatable bonds is 11. The van der Waals surface area contributed by atoms with Gasteiger partial charge in [0.15, 0.2) is 0 Å². The molecule has 0 aliphatic heterocycles. The fraction of sp³-hybridized carbons (Fsp3) is 0.692. The zero-order valence-corrected chi connectivity index (χ0v) is 17.2. The Balaban J connectivity index is -0.000000703. The Morgan fingerprint density at radius 2 is 0.852 bits per heavy atom. The van der Waals surface area contributed by atoms with Crippen molar-refractivity contribution in [3.63, 3.8) is 0 Å². The lowest BCUT2D eigenvalue weighted by atomic mass is 10.4. The summed E-state index contributed by atoms with van der Waals surface area (Å²) in [6, 6.07) is 0. The molecular formula is C13H24Cl2N2O9S. The quantitative estimate of drug-likeness (QED) is 0.292. The third-order valence-electron chi connectivity index (χ3n) is 2.17. The molecule has 0 atom stereocenters. The van der Waals surface area contributed by atoms with Crippen LogP contribution in [0.15, 0.2) is 0 Å². The Hall–Kier alpha value is -1.47. The van der Waals surface area contributed by atoms with Crippen LogP contribution in [-0.2, 0) is 30.0 Å². The summed E-state index contributed by atoms with van der Waals surface area (Å²) in [5.41, 5.74) is 0. The van der Waals surface area contributed by atoms with Crippen molar-refractivity contribution < 1.29 is 43.8 Å². The number of alkyl halides is 2. The smallest absolute Gasteiger partial charge is 0.317 e. The number of halogens is 2. The summed E-state index contributed by atoms with van der Waals surface area (Å²) in [7, 11) is -0.611. The first kappa shape index (κ1) is 30.3. The van der Waals surface area contributed by atoms with E-state index >= 15 is 0 Å². The van der Waals surface area contributed by atoms with Gasteiger partial charge in [0.2, 0.25) is 0 Å². The Morgan fingerprint density at radius 3 is 0.963 bits per heavy atom. The molecule has 0 saturated heterocycles. The molecule has 14 heteroatoms. The molecule has 0 aromatic rings. The van der Waals surface area contributed by atoms with Crippen LogP contribution < -0.4 is 0 Å². The molecule has 0 aromatic carbocycles. The first-order valence-corrected chi connectivity index (χ1v) is 10.1. The van der Waals surface area contributed by atoms with Crippen molar-refractivity contribution >= 4 is 57.9 Å². The number of hydrogen-bond donors (Lipinski definition) is 4. The third kappa shape index (κ3) is 32.6. The first-order chi connectivity index (χ1) is 12.3. The van der Waals surface area contributed by atoms with Crippen LogP contribution in [0.4, 0.5) is 0 Å². The minimum atomic E-state index is -1.23. The predicted molar refractivity (Wildman–Crippen MR) is 100.0 cm³/mol. The van der Waals surface area contributed by atoms with Crippen LogP contribution in [0.2, 0.25) is 0 Å². The number of hydrogen-bond acceptors (Lipinski definition) is 7. The van der Waals surface area contributed by atoms with Crippen LogP contribution in [0, 0.1) is 0 Å². The van der Waals surface area contributed by atoms with E-state index in [1.54, 1.807) is 12.5 Å². The largest absolute Gasteiger partial charge is 0.480 e. The summed E-state index contributed by atoms with van der Waals surface area (Å²) in [5.74, 6) is -4.91. The second-order valence-electron chi connectivity index (χ2n) is 4.84. The van der Waals surface area contributed by atoms with Crippen LogP contribution in [-0.4, -0.2) is 115 Å².